The van der Waals surface area contributed by atoms with Gasteiger partial charge in [-0.2, -0.15) is 4.31 Å². The van der Waals surface area contributed by atoms with Gasteiger partial charge in [-0.15, -0.1) is 11.3 Å². The van der Waals surface area contributed by atoms with Crippen molar-refractivity contribution in [3.8, 4) is 0 Å². The Morgan fingerprint density at radius 2 is 1.71 bits per heavy atom. The number of nitrogens with one attached hydrogen (secondary N) is 1. The Morgan fingerprint density at radius 3 is 2.23 bits per heavy atom. The molecular weight excluding hydrogens is 430 g/mol. The minimum Gasteiger partial charge on any atom is -0.350 e. The predicted octanol–water partition coefficient (Wildman–Crippen LogP) is 4.67. The summed E-state index contributed by atoms with van der Waals surface area (Å²) < 4.78 is 28.2. The molecular formula is C23H35N3O3S2. The van der Waals surface area contributed by atoms with Crippen molar-refractivity contribution in [1.82, 2.24) is 14.6 Å². The molecule has 0 aliphatic rings. The van der Waals surface area contributed by atoms with Gasteiger partial charge in [0.2, 0.25) is 10.0 Å². The lowest BCUT2D eigenvalue weighted by molar-refractivity contribution is 0.0944. The highest BCUT2D eigenvalue weighted by Gasteiger charge is 2.27. The molecule has 31 heavy (non-hydrogen) atoms. The van der Waals surface area contributed by atoms with Gasteiger partial charge in [-0.1, -0.05) is 60.6 Å². The van der Waals surface area contributed by atoms with Crippen molar-refractivity contribution in [3.63, 3.8) is 0 Å². The summed E-state index contributed by atoms with van der Waals surface area (Å²) in [5, 5.41) is 5.13. The lowest BCUT2D eigenvalue weighted by Crippen LogP contribution is -2.34. The van der Waals surface area contributed by atoms with Gasteiger partial charge >= 0.3 is 0 Å². The average Bonchev–Trinajstić information content (AvgIpc) is 3.13. The second kappa shape index (κ2) is 10.2. The smallest absolute Gasteiger partial charge is 0.270 e. The molecule has 172 valence electrons. The fourth-order valence-electron chi connectivity index (χ4n) is 2.96. The van der Waals surface area contributed by atoms with Gasteiger partial charge < -0.3 is 5.32 Å². The standard InChI is InChI=1S/C23H35N3O3S2/c1-16(2)12-24-22(27)20-15-30-21(25-20)14-26(13-17(3)4)31(28,29)19-10-8-18(9-11-19)23(5,6)7/h8-11,15-17H,12-14H2,1-7H3,(H,24,27). The van der Waals surface area contributed by atoms with Crippen LogP contribution in [0.25, 0.3) is 0 Å². The Balaban J connectivity index is 2.24. The molecule has 1 aromatic heterocycles. The molecule has 1 heterocycles. The number of amides is 1. The molecule has 2 aromatic rings. The number of thiazole rings is 1. The number of hydrogen-bond donors (Lipinski definition) is 1. The molecule has 1 aromatic carbocycles. The summed E-state index contributed by atoms with van der Waals surface area (Å²) in [6.45, 7) is 15.4. The molecule has 0 fully saturated rings. The van der Waals surface area contributed by atoms with Gasteiger partial charge in [0, 0.05) is 18.5 Å². The maximum Gasteiger partial charge on any atom is 0.270 e. The minimum atomic E-state index is -3.69. The van der Waals surface area contributed by atoms with Crippen LogP contribution < -0.4 is 5.32 Å². The van der Waals surface area contributed by atoms with Crippen LogP contribution in [0.1, 0.15) is 69.5 Å². The molecule has 0 aliphatic carbocycles. The minimum absolute atomic E-state index is 0.0483. The fourth-order valence-corrected chi connectivity index (χ4v) is 5.39. The highest BCUT2D eigenvalue weighted by atomic mass is 32.2. The molecule has 0 spiro atoms. The SMILES string of the molecule is CC(C)CNC(=O)c1csc(CN(CC(C)C)S(=O)(=O)c2ccc(C(C)(C)C)cc2)n1. The Bertz CT molecular complexity index is 972. The van der Waals surface area contributed by atoms with Crippen LogP contribution in [0.3, 0.4) is 0 Å². The van der Waals surface area contributed by atoms with E-state index in [1.165, 1.54) is 15.6 Å². The number of benzene rings is 1. The van der Waals surface area contributed by atoms with E-state index >= 15 is 0 Å². The number of aromatic nitrogens is 1. The zero-order chi connectivity index (χ0) is 23.4. The van der Waals surface area contributed by atoms with Gasteiger partial charge in [0.15, 0.2) is 0 Å². The van der Waals surface area contributed by atoms with E-state index in [1.807, 2.05) is 39.8 Å². The Hall–Kier alpha value is -1.77. The van der Waals surface area contributed by atoms with Crippen LogP contribution in [0, 0.1) is 11.8 Å². The molecule has 0 aliphatic heterocycles. The van der Waals surface area contributed by atoms with Crippen LogP contribution in [-0.2, 0) is 22.0 Å². The summed E-state index contributed by atoms with van der Waals surface area (Å²) in [4.78, 5) is 16.9. The summed E-state index contributed by atoms with van der Waals surface area (Å²) in [7, 11) is -3.69. The topological polar surface area (TPSA) is 79.4 Å². The van der Waals surface area contributed by atoms with Crippen LogP contribution in [0.15, 0.2) is 34.5 Å². The second-order valence-corrected chi connectivity index (χ2v) is 12.6. The van der Waals surface area contributed by atoms with Crippen molar-refractivity contribution in [2.24, 2.45) is 11.8 Å². The average molecular weight is 466 g/mol. The van der Waals surface area contributed by atoms with E-state index < -0.39 is 10.0 Å². The third kappa shape index (κ3) is 7.12. The van der Waals surface area contributed by atoms with Crippen LogP contribution in [-0.4, -0.2) is 36.7 Å². The number of carbonyl (C=O) groups excluding carboxylic acids is 1. The second-order valence-electron chi connectivity index (χ2n) is 9.70. The fraction of sp³-hybridized carbons (Fsp3) is 0.565. The van der Waals surface area contributed by atoms with E-state index in [0.29, 0.717) is 29.7 Å². The Morgan fingerprint density at radius 1 is 1.10 bits per heavy atom. The zero-order valence-electron chi connectivity index (χ0n) is 19.6. The third-order valence-corrected chi connectivity index (χ3v) is 7.35. The van der Waals surface area contributed by atoms with Crippen molar-refractivity contribution in [3.05, 3.63) is 45.9 Å². The summed E-state index contributed by atoms with van der Waals surface area (Å²) >= 11 is 1.31. The third-order valence-electron chi connectivity index (χ3n) is 4.69. The van der Waals surface area contributed by atoms with Gasteiger partial charge in [0.25, 0.3) is 5.91 Å². The molecule has 0 saturated carbocycles. The zero-order valence-corrected chi connectivity index (χ0v) is 21.2. The predicted molar refractivity (Wildman–Crippen MR) is 127 cm³/mol. The van der Waals surface area contributed by atoms with Gasteiger partial charge in [0.05, 0.1) is 11.4 Å². The number of carbonyl (C=O) groups is 1. The highest BCUT2D eigenvalue weighted by Crippen LogP contribution is 2.26. The van der Waals surface area contributed by atoms with E-state index in [2.05, 4.69) is 31.1 Å². The molecule has 8 heteroatoms. The number of hydrogen-bond acceptors (Lipinski definition) is 5. The van der Waals surface area contributed by atoms with E-state index in [1.54, 1.807) is 17.5 Å². The molecule has 0 radical (unpaired) electrons. The van der Waals surface area contributed by atoms with Gasteiger partial charge in [-0.25, -0.2) is 13.4 Å². The molecule has 1 amide bonds. The highest BCUT2D eigenvalue weighted by molar-refractivity contribution is 7.89. The van der Waals surface area contributed by atoms with E-state index in [-0.39, 0.29) is 28.7 Å². The summed E-state index contributed by atoms with van der Waals surface area (Å²) in [6, 6.07) is 7.10. The number of rotatable bonds is 9. The monoisotopic (exact) mass is 465 g/mol. The first kappa shape index (κ1) is 25.5. The maximum atomic E-state index is 13.4. The van der Waals surface area contributed by atoms with Crippen LogP contribution in [0.4, 0.5) is 0 Å². The van der Waals surface area contributed by atoms with Crippen LogP contribution in [0.2, 0.25) is 0 Å². The van der Waals surface area contributed by atoms with Crippen molar-refractivity contribution >= 4 is 27.3 Å². The largest absolute Gasteiger partial charge is 0.350 e. The van der Waals surface area contributed by atoms with E-state index in [4.69, 9.17) is 0 Å². The van der Waals surface area contributed by atoms with Crippen molar-refractivity contribution < 1.29 is 13.2 Å². The molecule has 0 saturated heterocycles. The van der Waals surface area contributed by atoms with Crippen molar-refractivity contribution in [2.75, 3.05) is 13.1 Å². The van der Waals surface area contributed by atoms with Gasteiger partial charge in [-0.3, -0.25) is 4.79 Å². The normalized spacial score (nSPS) is 12.7. The quantitative estimate of drug-likeness (QED) is 0.583. The maximum absolute atomic E-state index is 13.4. The first-order valence-electron chi connectivity index (χ1n) is 10.6. The summed E-state index contributed by atoms with van der Waals surface area (Å²) in [5.41, 5.74) is 1.36. The summed E-state index contributed by atoms with van der Waals surface area (Å²) in [6.07, 6.45) is 0. The Kier molecular flexibility index (Phi) is 8.41. The summed E-state index contributed by atoms with van der Waals surface area (Å²) in [5.74, 6) is 0.267. The lowest BCUT2D eigenvalue weighted by Gasteiger charge is -2.24. The number of nitrogens with zero attached hydrogens (tertiary/aromatic N) is 2. The molecule has 0 atom stereocenters. The molecule has 6 nitrogen and oxygen atoms in total. The van der Waals surface area contributed by atoms with Gasteiger partial charge in [0.1, 0.15) is 10.7 Å². The molecule has 0 bridgehead atoms. The van der Waals surface area contributed by atoms with E-state index in [9.17, 15) is 13.2 Å². The lowest BCUT2D eigenvalue weighted by atomic mass is 9.87. The molecule has 0 unspecified atom stereocenters. The van der Waals surface area contributed by atoms with E-state index in [0.717, 1.165) is 5.56 Å². The van der Waals surface area contributed by atoms with Crippen molar-refractivity contribution in [2.45, 2.75) is 65.3 Å². The van der Waals surface area contributed by atoms with Crippen LogP contribution in [0.5, 0.6) is 0 Å². The first-order chi connectivity index (χ1) is 14.3. The molecule has 2 rings (SSSR count). The first-order valence-corrected chi connectivity index (χ1v) is 13.0. The van der Waals surface area contributed by atoms with Crippen LogP contribution >= 0.6 is 11.3 Å². The number of sulfonamides is 1. The van der Waals surface area contributed by atoms with Gasteiger partial charge in [-0.05, 0) is 34.9 Å². The molecule has 1 N–H and O–H groups in total. The Labute approximate surface area is 191 Å². The van der Waals surface area contributed by atoms with Crippen molar-refractivity contribution in [1.29, 1.82) is 0 Å².